The normalized spacial score (nSPS) is 19.6. The van der Waals surface area contributed by atoms with E-state index in [1.165, 1.54) is 11.3 Å². The molecule has 0 amide bonds. The molecule has 1 aromatic heterocycles. The smallest absolute Gasteiger partial charge is 0.0834 e. The molecule has 1 atom stereocenters. The monoisotopic (exact) mass is 332 g/mol. The van der Waals surface area contributed by atoms with Crippen molar-refractivity contribution in [3.63, 3.8) is 0 Å². The topological polar surface area (TPSA) is 27.8 Å². The summed E-state index contributed by atoms with van der Waals surface area (Å²) in [4.78, 5) is 3.41. The lowest BCUT2D eigenvalue weighted by Gasteiger charge is -2.21. The Morgan fingerprint density at radius 1 is 1.41 bits per heavy atom. The van der Waals surface area contributed by atoms with E-state index in [0.29, 0.717) is 16.1 Å². The predicted octanol–water partition coefficient (Wildman–Crippen LogP) is 4.44. The molecule has 17 heavy (non-hydrogen) atoms. The fraction of sp³-hybridized carbons (Fsp3) is 0.333. The molecule has 1 aromatic carbocycles. The maximum atomic E-state index is 6.26. The van der Waals surface area contributed by atoms with Crippen molar-refractivity contribution < 1.29 is 0 Å². The van der Waals surface area contributed by atoms with Gasteiger partial charge in [-0.05, 0) is 18.6 Å². The van der Waals surface area contributed by atoms with Gasteiger partial charge in [-0.15, -0.1) is 0 Å². The van der Waals surface area contributed by atoms with Gasteiger partial charge in [-0.3, -0.25) is 0 Å². The molecular weight excluding hydrogens is 323 g/mol. The molecule has 90 valence electrons. The number of nitrogens with one attached hydrogen (secondary N) is 2. The van der Waals surface area contributed by atoms with Gasteiger partial charge in [0.1, 0.15) is 0 Å². The van der Waals surface area contributed by atoms with E-state index in [1.807, 2.05) is 6.07 Å². The number of hydrogen-bond acceptors (Lipinski definition) is 1. The van der Waals surface area contributed by atoms with Gasteiger partial charge in [-0.25, -0.2) is 0 Å². The second-order valence-corrected chi connectivity index (χ2v) is 5.99. The van der Waals surface area contributed by atoms with Crippen LogP contribution in [0.3, 0.4) is 0 Å². The molecule has 3 rings (SSSR count). The molecule has 1 aliphatic heterocycles. The first-order chi connectivity index (χ1) is 8.09. The summed E-state index contributed by atoms with van der Waals surface area (Å²) in [6.45, 7) is 3.16. The Morgan fingerprint density at radius 3 is 2.94 bits per heavy atom. The Labute approximate surface area is 118 Å². The molecule has 0 saturated carbocycles. The largest absolute Gasteiger partial charge is 0.357 e. The fourth-order valence-corrected chi connectivity index (χ4v) is 3.71. The molecule has 0 bridgehead atoms. The summed E-state index contributed by atoms with van der Waals surface area (Å²) in [6, 6.07) is 2.20. The zero-order valence-electron chi connectivity index (χ0n) is 9.20. The number of benzene rings is 1. The van der Waals surface area contributed by atoms with Crippen LogP contribution in [-0.2, 0) is 6.42 Å². The molecular formula is C12H11BrCl2N2. The minimum absolute atomic E-state index is 0.334. The van der Waals surface area contributed by atoms with Gasteiger partial charge >= 0.3 is 0 Å². The minimum atomic E-state index is 0.334. The van der Waals surface area contributed by atoms with E-state index in [1.54, 1.807) is 0 Å². The highest BCUT2D eigenvalue weighted by Gasteiger charge is 2.24. The van der Waals surface area contributed by atoms with Crippen LogP contribution >= 0.6 is 39.1 Å². The molecule has 2 N–H and O–H groups in total. The molecule has 1 aliphatic rings. The van der Waals surface area contributed by atoms with Gasteiger partial charge in [0.15, 0.2) is 0 Å². The van der Waals surface area contributed by atoms with Crippen LogP contribution in [0.25, 0.3) is 10.9 Å². The number of rotatable bonds is 0. The molecule has 2 heterocycles. The third kappa shape index (κ3) is 1.72. The highest BCUT2D eigenvalue weighted by atomic mass is 79.9. The predicted molar refractivity (Wildman–Crippen MR) is 76.1 cm³/mol. The van der Waals surface area contributed by atoms with Crippen LogP contribution in [-0.4, -0.2) is 11.5 Å². The molecule has 2 aromatic rings. The average Bonchev–Trinajstić information content (AvgIpc) is 2.67. The molecule has 1 unspecified atom stereocenters. The summed E-state index contributed by atoms with van der Waals surface area (Å²) in [5, 5.41) is 5.79. The number of hydrogen-bond donors (Lipinski definition) is 2. The van der Waals surface area contributed by atoms with Crippen molar-refractivity contribution in [3.8, 4) is 0 Å². The van der Waals surface area contributed by atoms with Crippen molar-refractivity contribution in [2.24, 2.45) is 0 Å². The molecule has 2 nitrogen and oxygen atoms in total. The summed E-state index contributed by atoms with van der Waals surface area (Å²) in [5.74, 6) is 0. The second kappa shape index (κ2) is 4.16. The molecule has 0 saturated heterocycles. The maximum Gasteiger partial charge on any atom is 0.0834 e. The van der Waals surface area contributed by atoms with Crippen molar-refractivity contribution in [1.82, 2.24) is 10.3 Å². The quantitative estimate of drug-likeness (QED) is 0.685. The van der Waals surface area contributed by atoms with Crippen LogP contribution in [0.2, 0.25) is 10.0 Å². The summed E-state index contributed by atoms with van der Waals surface area (Å²) >= 11 is 15.9. The van der Waals surface area contributed by atoms with E-state index >= 15 is 0 Å². The van der Waals surface area contributed by atoms with Gasteiger partial charge in [-0.1, -0.05) is 39.1 Å². The lowest BCUT2D eigenvalue weighted by atomic mass is 9.99. The first-order valence-corrected chi connectivity index (χ1v) is 7.06. The second-order valence-electron chi connectivity index (χ2n) is 4.35. The van der Waals surface area contributed by atoms with Crippen molar-refractivity contribution in [2.75, 3.05) is 6.54 Å². The lowest BCUT2D eigenvalue weighted by molar-refractivity contribution is 0.541. The van der Waals surface area contributed by atoms with E-state index in [9.17, 15) is 0 Å². The minimum Gasteiger partial charge on any atom is -0.357 e. The first kappa shape index (κ1) is 11.8. The van der Waals surface area contributed by atoms with Crippen LogP contribution < -0.4 is 5.32 Å². The van der Waals surface area contributed by atoms with Crippen molar-refractivity contribution in [3.05, 3.63) is 31.8 Å². The summed E-state index contributed by atoms with van der Waals surface area (Å²) < 4.78 is 0.995. The van der Waals surface area contributed by atoms with Gasteiger partial charge in [0.05, 0.1) is 15.6 Å². The Kier molecular flexibility index (Phi) is 2.90. The standard InChI is InChI=1S/C12H11BrCl2N2/c1-5-9-8(2-3-16-5)17-12-10(9)6(13)4-7(14)11(12)15/h4-5,16-17H,2-3H2,1H3. The zero-order chi connectivity index (χ0) is 12.2. The molecule has 0 spiro atoms. The highest BCUT2D eigenvalue weighted by molar-refractivity contribution is 9.10. The molecule has 0 aliphatic carbocycles. The number of aromatic amines is 1. The Morgan fingerprint density at radius 2 is 2.18 bits per heavy atom. The van der Waals surface area contributed by atoms with Crippen LogP contribution in [0, 0.1) is 0 Å². The van der Waals surface area contributed by atoms with E-state index < -0.39 is 0 Å². The SMILES string of the molecule is CC1NCCc2[nH]c3c(Cl)c(Cl)cc(Br)c3c21. The van der Waals surface area contributed by atoms with Crippen LogP contribution in [0.5, 0.6) is 0 Å². The number of aromatic nitrogens is 1. The Hall–Kier alpha value is -0.220. The number of fused-ring (bicyclic) bond motifs is 3. The van der Waals surface area contributed by atoms with Crippen molar-refractivity contribution >= 4 is 50.0 Å². The summed E-state index contributed by atoms with van der Waals surface area (Å²) in [6.07, 6.45) is 0.995. The van der Waals surface area contributed by atoms with Gasteiger partial charge < -0.3 is 10.3 Å². The van der Waals surface area contributed by atoms with E-state index in [2.05, 4.69) is 33.2 Å². The fourth-order valence-electron chi connectivity index (χ4n) is 2.54. The maximum absolute atomic E-state index is 6.26. The highest BCUT2D eigenvalue weighted by Crippen LogP contribution is 2.41. The van der Waals surface area contributed by atoms with Crippen LogP contribution in [0.1, 0.15) is 24.2 Å². The molecule has 0 radical (unpaired) electrons. The molecule has 5 heteroatoms. The third-order valence-corrected chi connectivity index (χ3v) is 4.71. The van der Waals surface area contributed by atoms with Crippen molar-refractivity contribution in [2.45, 2.75) is 19.4 Å². The molecule has 0 fully saturated rings. The Balaban J connectivity index is 2.43. The van der Waals surface area contributed by atoms with E-state index in [4.69, 9.17) is 23.2 Å². The van der Waals surface area contributed by atoms with Crippen LogP contribution in [0.15, 0.2) is 10.5 Å². The first-order valence-electron chi connectivity index (χ1n) is 5.51. The van der Waals surface area contributed by atoms with E-state index in [-0.39, 0.29) is 0 Å². The van der Waals surface area contributed by atoms with Gasteiger partial charge in [0.25, 0.3) is 0 Å². The summed E-state index contributed by atoms with van der Waals surface area (Å²) in [5.41, 5.74) is 3.50. The summed E-state index contributed by atoms with van der Waals surface area (Å²) in [7, 11) is 0. The van der Waals surface area contributed by atoms with E-state index in [0.717, 1.165) is 28.3 Å². The third-order valence-electron chi connectivity index (χ3n) is 3.30. The van der Waals surface area contributed by atoms with Gasteiger partial charge in [-0.2, -0.15) is 0 Å². The zero-order valence-corrected chi connectivity index (χ0v) is 12.3. The Bertz CT molecular complexity index is 606. The van der Waals surface area contributed by atoms with Crippen LogP contribution in [0.4, 0.5) is 0 Å². The van der Waals surface area contributed by atoms with Crippen molar-refractivity contribution in [1.29, 1.82) is 0 Å². The number of halogens is 3. The number of H-pyrrole nitrogens is 1. The van der Waals surface area contributed by atoms with Gasteiger partial charge in [0, 0.05) is 34.6 Å². The van der Waals surface area contributed by atoms with Gasteiger partial charge in [0.2, 0.25) is 0 Å². The lowest BCUT2D eigenvalue weighted by Crippen LogP contribution is -2.27. The average molecular weight is 334 g/mol.